The SMILES string of the molecule is CCN(Cc1ccccn1)C(=O)c1nn(C)cc1N. The molecule has 2 aromatic rings. The number of aryl methyl sites for hydroxylation is 1. The van der Waals surface area contributed by atoms with Crippen LogP contribution < -0.4 is 5.73 Å². The van der Waals surface area contributed by atoms with Gasteiger partial charge in [-0.05, 0) is 19.1 Å². The zero-order valence-corrected chi connectivity index (χ0v) is 11.1. The first-order valence-corrected chi connectivity index (χ1v) is 6.10. The van der Waals surface area contributed by atoms with Crippen LogP contribution in [-0.2, 0) is 13.6 Å². The van der Waals surface area contributed by atoms with Gasteiger partial charge in [0.2, 0.25) is 0 Å². The Balaban J connectivity index is 2.18. The zero-order valence-electron chi connectivity index (χ0n) is 11.1. The summed E-state index contributed by atoms with van der Waals surface area (Å²) in [6, 6.07) is 5.63. The molecule has 0 aliphatic rings. The topological polar surface area (TPSA) is 77.0 Å². The fourth-order valence-electron chi connectivity index (χ4n) is 1.84. The van der Waals surface area contributed by atoms with Gasteiger partial charge in [0.05, 0.1) is 17.9 Å². The van der Waals surface area contributed by atoms with E-state index in [0.29, 0.717) is 24.5 Å². The number of anilines is 1. The van der Waals surface area contributed by atoms with Crippen LogP contribution in [0.5, 0.6) is 0 Å². The number of pyridine rings is 1. The summed E-state index contributed by atoms with van der Waals surface area (Å²) in [5.41, 5.74) is 7.31. The van der Waals surface area contributed by atoms with Crippen LogP contribution in [0.4, 0.5) is 5.69 Å². The molecular formula is C13H17N5O. The van der Waals surface area contributed by atoms with Gasteiger partial charge in [0.15, 0.2) is 5.69 Å². The molecule has 6 nitrogen and oxygen atoms in total. The van der Waals surface area contributed by atoms with Gasteiger partial charge in [-0.3, -0.25) is 14.5 Å². The van der Waals surface area contributed by atoms with Crippen molar-refractivity contribution in [2.45, 2.75) is 13.5 Å². The molecule has 0 radical (unpaired) electrons. The standard InChI is InChI=1S/C13H17N5O/c1-3-18(8-10-6-4-5-7-15-10)13(19)12-11(14)9-17(2)16-12/h4-7,9H,3,8,14H2,1-2H3. The van der Waals surface area contributed by atoms with E-state index in [9.17, 15) is 4.79 Å². The Morgan fingerprint density at radius 2 is 2.26 bits per heavy atom. The zero-order chi connectivity index (χ0) is 13.8. The predicted molar refractivity (Wildman–Crippen MR) is 72.3 cm³/mol. The fraction of sp³-hybridized carbons (Fsp3) is 0.308. The quantitative estimate of drug-likeness (QED) is 0.890. The van der Waals surface area contributed by atoms with Gasteiger partial charge < -0.3 is 10.6 Å². The Bertz CT molecular complexity index is 564. The molecule has 100 valence electrons. The van der Waals surface area contributed by atoms with Crippen molar-refractivity contribution in [3.8, 4) is 0 Å². The second-order valence-corrected chi connectivity index (χ2v) is 4.25. The van der Waals surface area contributed by atoms with E-state index in [-0.39, 0.29) is 5.91 Å². The molecule has 6 heteroatoms. The highest BCUT2D eigenvalue weighted by Gasteiger charge is 2.20. The third kappa shape index (κ3) is 2.90. The number of hydrogen-bond donors (Lipinski definition) is 1. The van der Waals surface area contributed by atoms with Gasteiger partial charge in [0.1, 0.15) is 0 Å². The maximum Gasteiger partial charge on any atom is 0.276 e. The van der Waals surface area contributed by atoms with Crippen molar-refractivity contribution in [1.29, 1.82) is 0 Å². The molecule has 0 aliphatic carbocycles. The van der Waals surface area contributed by atoms with Gasteiger partial charge >= 0.3 is 0 Å². The molecule has 2 rings (SSSR count). The average Bonchev–Trinajstić information content (AvgIpc) is 2.75. The van der Waals surface area contributed by atoms with Crippen molar-refractivity contribution in [2.24, 2.45) is 7.05 Å². The van der Waals surface area contributed by atoms with E-state index in [0.717, 1.165) is 5.69 Å². The molecule has 0 aliphatic heterocycles. The Morgan fingerprint density at radius 1 is 1.47 bits per heavy atom. The van der Waals surface area contributed by atoms with Crippen molar-refractivity contribution >= 4 is 11.6 Å². The van der Waals surface area contributed by atoms with Crippen molar-refractivity contribution in [3.05, 3.63) is 42.0 Å². The molecule has 0 saturated heterocycles. The predicted octanol–water partition coefficient (Wildman–Crippen LogP) is 1.06. The van der Waals surface area contributed by atoms with Gasteiger partial charge in [-0.15, -0.1) is 0 Å². The van der Waals surface area contributed by atoms with Gasteiger partial charge in [-0.1, -0.05) is 6.07 Å². The lowest BCUT2D eigenvalue weighted by atomic mass is 10.3. The van der Waals surface area contributed by atoms with E-state index >= 15 is 0 Å². The summed E-state index contributed by atoms with van der Waals surface area (Å²) >= 11 is 0. The van der Waals surface area contributed by atoms with Crippen LogP contribution in [0.2, 0.25) is 0 Å². The number of amides is 1. The summed E-state index contributed by atoms with van der Waals surface area (Å²) in [6.45, 7) is 2.94. The second-order valence-electron chi connectivity index (χ2n) is 4.25. The minimum Gasteiger partial charge on any atom is -0.396 e. The highest BCUT2D eigenvalue weighted by Crippen LogP contribution is 2.13. The number of nitrogens with zero attached hydrogens (tertiary/aromatic N) is 4. The Kier molecular flexibility index (Phi) is 3.79. The van der Waals surface area contributed by atoms with E-state index in [1.165, 1.54) is 4.68 Å². The molecule has 1 amide bonds. The van der Waals surface area contributed by atoms with Crippen LogP contribution >= 0.6 is 0 Å². The van der Waals surface area contributed by atoms with E-state index in [1.54, 1.807) is 24.3 Å². The van der Waals surface area contributed by atoms with Crippen molar-refractivity contribution < 1.29 is 4.79 Å². The van der Waals surface area contributed by atoms with Gasteiger partial charge in [-0.2, -0.15) is 5.10 Å². The monoisotopic (exact) mass is 259 g/mol. The molecule has 19 heavy (non-hydrogen) atoms. The van der Waals surface area contributed by atoms with Gasteiger partial charge in [-0.25, -0.2) is 0 Å². The highest BCUT2D eigenvalue weighted by atomic mass is 16.2. The van der Waals surface area contributed by atoms with Crippen LogP contribution in [0.1, 0.15) is 23.1 Å². The van der Waals surface area contributed by atoms with E-state index in [4.69, 9.17) is 5.73 Å². The third-order valence-electron chi connectivity index (χ3n) is 2.81. The van der Waals surface area contributed by atoms with Crippen molar-refractivity contribution in [1.82, 2.24) is 19.7 Å². The van der Waals surface area contributed by atoms with E-state index < -0.39 is 0 Å². The minimum atomic E-state index is -0.175. The molecule has 2 heterocycles. The molecule has 0 spiro atoms. The summed E-state index contributed by atoms with van der Waals surface area (Å²) in [4.78, 5) is 18.2. The molecule has 2 aromatic heterocycles. The van der Waals surface area contributed by atoms with Crippen LogP contribution in [0.3, 0.4) is 0 Å². The van der Waals surface area contributed by atoms with Gasteiger partial charge in [0.25, 0.3) is 5.91 Å². The Labute approximate surface area is 111 Å². The maximum atomic E-state index is 12.4. The average molecular weight is 259 g/mol. The lowest BCUT2D eigenvalue weighted by Crippen LogP contribution is -2.31. The van der Waals surface area contributed by atoms with Crippen molar-refractivity contribution in [3.63, 3.8) is 0 Å². The number of rotatable bonds is 4. The molecule has 0 fully saturated rings. The fourth-order valence-corrected chi connectivity index (χ4v) is 1.84. The molecule has 0 aromatic carbocycles. The maximum absolute atomic E-state index is 12.4. The first kappa shape index (κ1) is 13.1. The molecule has 0 atom stereocenters. The minimum absolute atomic E-state index is 0.175. The molecule has 0 unspecified atom stereocenters. The second kappa shape index (κ2) is 5.51. The number of aromatic nitrogens is 3. The van der Waals surface area contributed by atoms with E-state index in [2.05, 4.69) is 10.1 Å². The third-order valence-corrected chi connectivity index (χ3v) is 2.81. The summed E-state index contributed by atoms with van der Waals surface area (Å²) in [5.74, 6) is -0.175. The van der Waals surface area contributed by atoms with Crippen molar-refractivity contribution in [2.75, 3.05) is 12.3 Å². The lowest BCUT2D eigenvalue weighted by molar-refractivity contribution is 0.0745. The number of hydrogen-bond acceptors (Lipinski definition) is 4. The number of nitrogens with two attached hydrogens (primary N) is 1. The summed E-state index contributed by atoms with van der Waals surface area (Å²) in [6.07, 6.45) is 3.34. The summed E-state index contributed by atoms with van der Waals surface area (Å²) in [5, 5.41) is 4.10. The summed E-state index contributed by atoms with van der Waals surface area (Å²) in [7, 11) is 1.74. The largest absolute Gasteiger partial charge is 0.396 e. The first-order chi connectivity index (χ1) is 9.11. The Morgan fingerprint density at radius 3 is 2.79 bits per heavy atom. The number of nitrogen functional groups attached to an aromatic ring is 1. The van der Waals surface area contributed by atoms with Gasteiger partial charge in [0, 0.05) is 26.0 Å². The highest BCUT2D eigenvalue weighted by molar-refractivity contribution is 5.96. The first-order valence-electron chi connectivity index (χ1n) is 6.10. The number of carbonyl (C=O) groups excluding carboxylic acids is 1. The van der Waals surface area contributed by atoms with Crippen LogP contribution in [0.15, 0.2) is 30.6 Å². The van der Waals surface area contributed by atoms with Crippen LogP contribution in [0, 0.1) is 0 Å². The summed E-state index contributed by atoms with van der Waals surface area (Å²) < 4.78 is 1.54. The van der Waals surface area contributed by atoms with E-state index in [1.807, 2.05) is 25.1 Å². The Hall–Kier alpha value is -2.37. The smallest absolute Gasteiger partial charge is 0.276 e. The molecular weight excluding hydrogens is 242 g/mol. The number of carbonyl (C=O) groups is 1. The van der Waals surface area contributed by atoms with Crippen LogP contribution in [-0.4, -0.2) is 32.1 Å². The molecule has 0 saturated carbocycles. The molecule has 0 bridgehead atoms. The van der Waals surface area contributed by atoms with Crippen LogP contribution in [0.25, 0.3) is 0 Å². The lowest BCUT2D eigenvalue weighted by Gasteiger charge is -2.19. The normalized spacial score (nSPS) is 10.4. The molecule has 2 N–H and O–H groups in total.